The highest BCUT2D eigenvalue weighted by Gasteiger charge is 2.14. The normalized spacial score (nSPS) is 12.3. The number of nitrogens with zero attached hydrogens (tertiary/aromatic N) is 2. The Hall–Kier alpha value is -0.850. The molecule has 0 unspecified atom stereocenters. The molecule has 0 bridgehead atoms. The summed E-state index contributed by atoms with van der Waals surface area (Å²) in [6.07, 6.45) is 3.05. The van der Waals surface area contributed by atoms with Crippen LogP contribution in [0.1, 0.15) is 26.2 Å². The smallest absolute Gasteiger partial charge is 0.314 e. The molecular formula is C17H40N4O2+2. The number of likely N-dealkylation sites (N-methyl/N-ethyl adjacent to an activating group) is 1. The molecule has 0 atom stereocenters. The van der Waals surface area contributed by atoms with Crippen LogP contribution in [0.25, 0.3) is 0 Å². The number of quaternary nitrogens is 2. The molecule has 0 heterocycles. The number of hydrogen-bond donors (Lipinski definition) is 2. The van der Waals surface area contributed by atoms with Crippen molar-refractivity contribution in [1.82, 2.24) is 10.6 Å². The number of amides is 2. The first-order chi connectivity index (χ1) is 10.7. The number of rotatable bonds is 13. The van der Waals surface area contributed by atoms with Gasteiger partial charge in [0.05, 0.1) is 54.9 Å². The van der Waals surface area contributed by atoms with Crippen LogP contribution in [0.2, 0.25) is 0 Å². The first-order valence-corrected chi connectivity index (χ1v) is 8.88. The zero-order valence-corrected chi connectivity index (χ0v) is 16.3. The maximum Gasteiger partial charge on any atom is 0.314 e. The monoisotopic (exact) mass is 332 g/mol. The number of carbonyl (C=O) groups is 1. The SMILES string of the molecule is CCCOCC[N+](C)(C)CCCNC(=O)NCCC[N+](C)(C)C. The fourth-order valence-corrected chi connectivity index (χ4v) is 2.20. The summed E-state index contributed by atoms with van der Waals surface area (Å²) < 4.78 is 7.40. The third kappa shape index (κ3) is 15.8. The van der Waals surface area contributed by atoms with Gasteiger partial charge in [-0.1, -0.05) is 6.92 Å². The molecule has 0 radical (unpaired) electrons. The van der Waals surface area contributed by atoms with Crippen LogP contribution >= 0.6 is 0 Å². The summed E-state index contributed by atoms with van der Waals surface area (Å²) in [5.74, 6) is 0. The fourth-order valence-electron chi connectivity index (χ4n) is 2.20. The average molecular weight is 333 g/mol. The number of ether oxygens (including phenoxy) is 1. The van der Waals surface area contributed by atoms with Crippen LogP contribution in [-0.2, 0) is 4.74 Å². The van der Waals surface area contributed by atoms with Gasteiger partial charge in [-0.2, -0.15) is 0 Å². The molecular weight excluding hydrogens is 292 g/mol. The molecule has 0 aliphatic rings. The predicted octanol–water partition coefficient (Wildman–Crippen LogP) is 1.28. The molecule has 6 nitrogen and oxygen atoms in total. The van der Waals surface area contributed by atoms with Crippen molar-refractivity contribution < 1.29 is 18.5 Å². The third-order valence-electron chi connectivity index (χ3n) is 3.71. The van der Waals surface area contributed by atoms with E-state index in [0.717, 1.165) is 74.2 Å². The summed E-state index contributed by atoms with van der Waals surface area (Å²) in [4.78, 5) is 11.7. The second-order valence-electron chi connectivity index (χ2n) is 7.90. The van der Waals surface area contributed by atoms with Gasteiger partial charge in [0, 0.05) is 32.5 Å². The van der Waals surface area contributed by atoms with Crippen LogP contribution in [0.15, 0.2) is 0 Å². The molecule has 0 aliphatic heterocycles. The van der Waals surface area contributed by atoms with Gasteiger partial charge < -0.3 is 24.3 Å². The maximum absolute atomic E-state index is 11.7. The largest absolute Gasteiger partial charge is 0.376 e. The second-order valence-corrected chi connectivity index (χ2v) is 7.90. The van der Waals surface area contributed by atoms with Crippen molar-refractivity contribution in [3.05, 3.63) is 0 Å². The van der Waals surface area contributed by atoms with E-state index < -0.39 is 0 Å². The van der Waals surface area contributed by atoms with Crippen molar-refractivity contribution in [1.29, 1.82) is 0 Å². The summed E-state index contributed by atoms with van der Waals surface area (Å²) in [5, 5.41) is 5.85. The predicted molar refractivity (Wildman–Crippen MR) is 96.5 cm³/mol. The van der Waals surface area contributed by atoms with E-state index in [1.54, 1.807) is 0 Å². The summed E-state index contributed by atoms with van der Waals surface area (Å²) in [6.45, 7) is 8.34. The van der Waals surface area contributed by atoms with Crippen LogP contribution < -0.4 is 10.6 Å². The zero-order valence-electron chi connectivity index (χ0n) is 16.3. The van der Waals surface area contributed by atoms with Gasteiger partial charge in [-0.05, 0) is 6.42 Å². The molecule has 23 heavy (non-hydrogen) atoms. The topological polar surface area (TPSA) is 50.4 Å². The van der Waals surface area contributed by atoms with E-state index in [0.29, 0.717) is 0 Å². The molecule has 6 heteroatoms. The molecule has 0 spiro atoms. The molecule has 0 aromatic rings. The van der Waals surface area contributed by atoms with Crippen LogP contribution in [0, 0.1) is 0 Å². The number of hydrogen-bond acceptors (Lipinski definition) is 2. The first-order valence-electron chi connectivity index (χ1n) is 8.88. The van der Waals surface area contributed by atoms with Crippen LogP contribution in [0.4, 0.5) is 4.79 Å². The van der Waals surface area contributed by atoms with Crippen LogP contribution in [0.3, 0.4) is 0 Å². The van der Waals surface area contributed by atoms with Gasteiger partial charge in [0.2, 0.25) is 0 Å². The van der Waals surface area contributed by atoms with E-state index in [4.69, 9.17) is 4.74 Å². The molecule has 0 aromatic heterocycles. The van der Waals surface area contributed by atoms with Crippen molar-refractivity contribution >= 4 is 6.03 Å². The van der Waals surface area contributed by atoms with Gasteiger partial charge in [-0.25, -0.2) is 4.79 Å². The van der Waals surface area contributed by atoms with Crippen molar-refractivity contribution in [3.63, 3.8) is 0 Å². The minimum Gasteiger partial charge on any atom is -0.376 e. The van der Waals surface area contributed by atoms with Gasteiger partial charge in [0.1, 0.15) is 6.54 Å². The number of nitrogens with one attached hydrogen (secondary N) is 2. The minimum absolute atomic E-state index is 0.0528. The van der Waals surface area contributed by atoms with Crippen molar-refractivity contribution in [3.8, 4) is 0 Å². The standard InChI is InChI=1S/C17H39N4O2/c1-7-15-23-16-14-21(5,6)13-9-11-19-17(22)18-10-8-12-20(2,3)4/h7-16H2,1-6H3,(H-,18,19,22)/q+1/p+1. The maximum atomic E-state index is 11.7. The lowest BCUT2D eigenvalue weighted by molar-refractivity contribution is -0.890. The summed E-state index contributed by atoms with van der Waals surface area (Å²) in [7, 11) is 10.9. The Morgan fingerprint density at radius 2 is 1.43 bits per heavy atom. The highest BCUT2D eigenvalue weighted by Crippen LogP contribution is 1.99. The molecule has 0 rings (SSSR count). The lowest BCUT2D eigenvalue weighted by Gasteiger charge is -2.29. The minimum atomic E-state index is -0.0528. The van der Waals surface area contributed by atoms with Gasteiger partial charge in [0.15, 0.2) is 0 Å². The summed E-state index contributed by atoms with van der Waals surface area (Å²) >= 11 is 0. The van der Waals surface area contributed by atoms with E-state index in [9.17, 15) is 4.79 Å². The van der Waals surface area contributed by atoms with Crippen LogP contribution in [-0.4, -0.2) is 96.2 Å². The highest BCUT2D eigenvalue weighted by molar-refractivity contribution is 5.73. The second kappa shape index (κ2) is 11.6. The Morgan fingerprint density at radius 1 is 0.870 bits per heavy atom. The lowest BCUT2D eigenvalue weighted by Crippen LogP contribution is -2.45. The summed E-state index contributed by atoms with van der Waals surface area (Å²) in [6, 6.07) is -0.0528. The Bertz CT molecular complexity index is 314. The molecule has 0 aromatic carbocycles. The number of urea groups is 1. The van der Waals surface area contributed by atoms with Gasteiger partial charge in [0.25, 0.3) is 0 Å². The Kier molecular flexibility index (Phi) is 11.2. The molecule has 138 valence electrons. The number of carbonyl (C=O) groups excluding carboxylic acids is 1. The van der Waals surface area contributed by atoms with Crippen molar-refractivity contribution in [2.45, 2.75) is 26.2 Å². The molecule has 2 amide bonds. The van der Waals surface area contributed by atoms with Gasteiger partial charge in [-0.3, -0.25) is 0 Å². The molecule has 2 N–H and O–H groups in total. The van der Waals surface area contributed by atoms with E-state index in [2.05, 4.69) is 52.8 Å². The molecule has 0 aliphatic carbocycles. The van der Waals surface area contributed by atoms with Gasteiger partial charge >= 0.3 is 6.03 Å². The Balaban J connectivity index is 3.59. The quantitative estimate of drug-likeness (QED) is 0.394. The van der Waals surface area contributed by atoms with E-state index in [-0.39, 0.29) is 6.03 Å². The summed E-state index contributed by atoms with van der Waals surface area (Å²) in [5.41, 5.74) is 0. The highest BCUT2D eigenvalue weighted by atomic mass is 16.5. The van der Waals surface area contributed by atoms with E-state index in [1.165, 1.54) is 0 Å². The fraction of sp³-hybridized carbons (Fsp3) is 0.941. The lowest BCUT2D eigenvalue weighted by atomic mass is 10.3. The van der Waals surface area contributed by atoms with E-state index >= 15 is 0 Å². The Morgan fingerprint density at radius 3 is 1.96 bits per heavy atom. The zero-order chi connectivity index (χ0) is 17.8. The molecule has 0 saturated heterocycles. The molecule has 0 fully saturated rings. The third-order valence-corrected chi connectivity index (χ3v) is 3.71. The van der Waals surface area contributed by atoms with Crippen molar-refractivity contribution in [2.24, 2.45) is 0 Å². The first kappa shape index (κ1) is 22.1. The average Bonchev–Trinajstić information content (AvgIpc) is 2.44. The van der Waals surface area contributed by atoms with E-state index in [1.807, 2.05) is 0 Å². The molecule has 0 saturated carbocycles. The van der Waals surface area contributed by atoms with Gasteiger partial charge in [-0.15, -0.1) is 0 Å². The van der Waals surface area contributed by atoms with Crippen molar-refractivity contribution in [2.75, 3.05) is 81.2 Å². The Labute approximate surface area is 143 Å². The van der Waals surface area contributed by atoms with Crippen LogP contribution in [0.5, 0.6) is 0 Å².